The largest absolute Gasteiger partial charge is 0.326 e. The standard InChI is InChI=1S/C11H17NO2S2/c1-2-16(13,14)8-7-15-11-5-3-10(9-12)4-6-11/h3-6H,2,7-9,12H2,1H3. The lowest BCUT2D eigenvalue weighted by molar-refractivity contribution is 0.599. The molecule has 0 aromatic heterocycles. The Morgan fingerprint density at radius 3 is 2.38 bits per heavy atom. The van der Waals surface area contributed by atoms with E-state index in [-0.39, 0.29) is 11.5 Å². The first-order valence-corrected chi connectivity index (χ1v) is 8.00. The van der Waals surface area contributed by atoms with Gasteiger partial charge >= 0.3 is 0 Å². The number of hydrogen-bond acceptors (Lipinski definition) is 4. The summed E-state index contributed by atoms with van der Waals surface area (Å²) in [5.41, 5.74) is 6.58. The predicted octanol–water partition coefficient (Wildman–Crippen LogP) is 1.67. The van der Waals surface area contributed by atoms with Gasteiger partial charge in [-0.2, -0.15) is 0 Å². The van der Waals surface area contributed by atoms with Gasteiger partial charge in [-0.3, -0.25) is 0 Å². The highest BCUT2D eigenvalue weighted by atomic mass is 32.2. The third-order valence-corrected chi connectivity index (χ3v) is 5.24. The van der Waals surface area contributed by atoms with E-state index in [0.29, 0.717) is 12.3 Å². The molecule has 0 fully saturated rings. The summed E-state index contributed by atoms with van der Waals surface area (Å²) in [5, 5.41) is 0. The molecule has 1 rings (SSSR count). The molecule has 0 saturated heterocycles. The summed E-state index contributed by atoms with van der Waals surface area (Å²) in [6, 6.07) is 7.89. The fourth-order valence-corrected chi connectivity index (χ4v) is 3.35. The molecule has 0 unspecified atom stereocenters. The normalized spacial score (nSPS) is 11.6. The van der Waals surface area contributed by atoms with E-state index in [2.05, 4.69) is 0 Å². The molecule has 1 aromatic carbocycles. The Bertz CT molecular complexity index is 412. The van der Waals surface area contributed by atoms with Gasteiger partial charge in [0, 0.05) is 22.9 Å². The quantitative estimate of drug-likeness (QED) is 0.790. The highest BCUT2D eigenvalue weighted by Crippen LogP contribution is 2.18. The van der Waals surface area contributed by atoms with Crippen LogP contribution in [0.3, 0.4) is 0 Å². The van der Waals surface area contributed by atoms with E-state index >= 15 is 0 Å². The van der Waals surface area contributed by atoms with Crippen molar-refractivity contribution in [2.24, 2.45) is 5.73 Å². The maximum absolute atomic E-state index is 11.3. The molecular weight excluding hydrogens is 242 g/mol. The van der Waals surface area contributed by atoms with E-state index in [1.165, 1.54) is 0 Å². The second-order valence-electron chi connectivity index (χ2n) is 3.43. The van der Waals surface area contributed by atoms with Crippen molar-refractivity contribution in [1.82, 2.24) is 0 Å². The van der Waals surface area contributed by atoms with Crippen LogP contribution < -0.4 is 5.73 Å². The summed E-state index contributed by atoms with van der Waals surface area (Å²) in [5.74, 6) is 1.07. The molecule has 0 radical (unpaired) electrons. The smallest absolute Gasteiger partial charge is 0.150 e. The van der Waals surface area contributed by atoms with Crippen molar-refractivity contribution < 1.29 is 8.42 Å². The summed E-state index contributed by atoms with van der Waals surface area (Å²) in [6.45, 7) is 2.21. The van der Waals surface area contributed by atoms with Crippen molar-refractivity contribution in [2.45, 2.75) is 18.4 Å². The molecular formula is C11H17NO2S2. The van der Waals surface area contributed by atoms with E-state index in [0.717, 1.165) is 10.5 Å². The Kier molecular flexibility index (Phi) is 5.31. The Labute approximate surface area is 101 Å². The van der Waals surface area contributed by atoms with Crippen molar-refractivity contribution in [3.05, 3.63) is 29.8 Å². The lowest BCUT2D eigenvalue weighted by Gasteiger charge is -2.03. The summed E-state index contributed by atoms with van der Waals surface area (Å²) >= 11 is 1.56. The van der Waals surface area contributed by atoms with Crippen LogP contribution in [0.1, 0.15) is 12.5 Å². The molecule has 0 amide bonds. The van der Waals surface area contributed by atoms with Gasteiger partial charge in [-0.25, -0.2) is 8.42 Å². The molecule has 0 atom stereocenters. The molecule has 0 spiro atoms. The first-order chi connectivity index (χ1) is 7.57. The van der Waals surface area contributed by atoms with E-state index in [4.69, 9.17) is 5.73 Å². The fourth-order valence-electron chi connectivity index (χ4n) is 1.15. The van der Waals surface area contributed by atoms with Crippen LogP contribution in [-0.4, -0.2) is 25.7 Å². The molecule has 0 bridgehead atoms. The Morgan fingerprint density at radius 1 is 1.25 bits per heavy atom. The maximum atomic E-state index is 11.3. The third kappa shape index (κ3) is 4.55. The topological polar surface area (TPSA) is 60.2 Å². The molecule has 5 heteroatoms. The molecule has 16 heavy (non-hydrogen) atoms. The van der Waals surface area contributed by atoms with Crippen LogP contribution in [0.2, 0.25) is 0 Å². The monoisotopic (exact) mass is 259 g/mol. The Balaban J connectivity index is 2.43. The molecule has 2 N–H and O–H groups in total. The highest BCUT2D eigenvalue weighted by Gasteiger charge is 2.06. The molecule has 0 aliphatic rings. The third-order valence-electron chi connectivity index (χ3n) is 2.26. The van der Waals surface area contributed by atoms with Gasteiger partial charge in [-0.05, 0) is 17.7 Å². The number of benzene rings is 1. The van der Waals surface area contributed by atoms with E-state index < -0.39 is 9.84 Å². The zero-order valence-electron chi connectivity index (χ0n) is 9.35. The van der Waals surface area contributed by atoms with Gasteiger partial charge in [0.05, 0.1) is 5.75 Å². The Hall–Kier alpha value is -0.520. The van der Waals surface area contributed by atoms with Crippen LogP contribution in [0.25, 0.3) is 0 Å². The zero-order valence-corrected chi connectivity index (χ0v) is 11.0. The van der Waals surface area contributed by atoms with E-state index in [1.54, 1.807) is 18.7 Å². The second-order valence-corrected chi connectivity index (χ2v) is 7.07. The lowest BCUT2D eigenvalue weighted by Crippen LogP contribution is -2.10. The molecule has 0 aliphatic carbocycles. The van der Waals surface area contributed by atoms with Gasteiger partial charge in [-0.15, -0.1) is 11.8 Å². The van der Waals surface area contributed by atoms with Gasteiger partial charge in [0.1, 0.15) is 0 Å². The average Bonchev–Trinajstić information content (AvgIpc) is 2.30. The SMILES string of the molecule is CCS(=O)(=O)CCSc1ccc(CN)cc1. The van der Waals surface area contributed by atoms with Crippen molar-refractivity contribution in [3.63, 3.8) is 0 Å². The number of thioether (sulfide) groups is 1. The minimum atomic E-state index is -2.84. The summed E-state index contributed by atoms with van der Waals surface area (Å²) in [4.78, 5) is 1.09. The van der Waals surface area contributed by atoms with Gasteiger partial charge in [0.25, 0.3) is 0 Å². The van der Waals surface area contributed by atoms with Crippen LogP contribution >= 0.6 is 11.8 Å². The predicted molar refractivity (Wildman–Crippen MR) is 69.4 cm³/mol. The van der Waals surface area contributed by atoms with Crippen molar-refractivity contribution in [3.8, 4) is 0 Å². The van der Waals surface area contributed by atoms with Crippen molar-refractivity contribution in [2.75, 3.05) is 17.3 Å². The first kappa shape index (κ1) is 13.5. The molecule has 3 nitrogen and oxygen atoms in total. The molecule has 0 aliphatic heterocycles. The molecule has 1 aromatic rings. The highest BCUT2D eigenvalue weighted by molar-refractivity contribution is 8.00. The number of nitrogens with two attached hydrogens (primary N) is 1. The first-order valence-electron chi connectivity index (χ1n) is 5.19. The van der Waals surface area contributed by atoms with Gasteiger partial charge in [0.15, 0.2) is 9.84 Å². The zero-order chi connectivity index (χ0) is 12.0. The van der Waals surface area contributed by atoms with Crippen molar-refractivity contribution in [1.29, 1.82) is 0 Å². The van der Waals surface area contributed by atoms with Crippen LogP contribution in [0, 0.1) is 0 Å². The number of rotatable bonds is 6. The average molecular weight is 259 g/mol. The molecule has 0 saturated carbocycles. The van der Waals surface area contributed by atoms with E-state index in [1.807, 2.05) is 24.3 Å². The second kappa shape index (κ2) is 6.27. The van der Waals surface area contributed by atoms with Gasteiger partial charge in [-0.1, -0.05) is 19.1 Å². The van der Waals surface area contributed by atoms with Crippen molar-refractivity contribution >= 4 is 21.6 Å². The number of hydrogen-bond donors (Lipinski definition) is 1. The minimum Gasteiger partial charge on any atom is -0.326 e. The molecule has 90 valence electrons. The summed E-state index contributed by atoms with van der Waals surface area (Å²) in [6.07, 6.45) is 0. The minimum absolute atomic E-state index is 0.222. The Morgan fingerprint density at radius 2 is 1.88 bits per heavy atom. The van der Waals surface area contributed by atoms with Gasteiger partial charge < -0.3 is 5.73 Å². The van der Waals surface area contributed by atoms with Crippen LogP contribution in [-0.2, 0) is 16.4 Å². The molecule has 0 heterocycles. The van der Waals surface area contributed by atoms with Crippen LogP contribution in [0.5, 0.6) is 0 Å². The summed E-state index contributed by atoms with van der Waals surface area (Å²) in [7, 11) is -2.84. The lowest BCUT2D eigenvalue weighted by atomic mass is 10.2. The fraction of sp³-hybridized carbons (Fsp3) is 0.455. The number of sulfone groups is 1. The van der Waals surface area contributed by atoms with Gasteiger partial charge in [0.2, 0.25) is 0 Å². The van der Waals surface area contributed by atoms with E-state index in [9.17, 15) is 8.42 Å². The summed E-state index contributed by atoms with van der Waals surface area (Å²) < 4.78 is 22.5. The van der Waals surface area contributed by atoms with Crippen LogP contribution in [0.4, 0.5) is 0 Å². The maximum Gasteiger partial charge on any atom is 0.150 e. The van der Waals surface area contributed by atoms with Crippen LogP contribution in [0.15, 0.2) is 29.2 Å².